The second-order valence-electron chi connectivity index (χ2n) is 7.13. The number of nitrogens with zero attached hydrogens (tertiary/aromatic N) is 2. The molecule has 1 aromatic carbocycles. The summed E-state index contributed by atoms with van der Waals surface area (Å²) in [6.45, 7) is 5.63. The summed E-state index contributed by atoms with van der Waals surface area (Å²) in [4.78, 5) is 12.7. The SMILES string of the molecule is Cc1cc(CNC(=O)c2ccc(S(=O)(=O)N3CCCCC3)cc2)c(C)n1C. The lowest BCUT2D eigenvalue weighted by Gasteiger charge is -2.25. The standard InChI is InChI=1S/C20H27N3O3S/c1-15-13-18(16(2)22(15)3)14-21-20(24)17-7-9-19(10-8-17)27(25,26)23-11-5-4-6-12-23/h7-10,13H,4-6,11-12,14H2,1-3H3,(H,21,24). The first-order valence-electron chi connectivity index (χ1n) is 9.31. The Kier molecular flexibility index (Phi) is 5.72. The minimum Gasteiger partial charge on any atom is -0.352 e. The Hall–Kier alpha value is -2.12. The third-order valence-electron chi connectivity index (χ3n) is 5.39. The highest BCUT2D eigenvalue weighted by Gasteiger charge is 2.25. The Morgan fingerprint density at radius 3 is 2.26 bits per heavy atom. The summed E-state index contributed by atoms with van der Waals surface area (Å²) in [5.41, 5.74) is 3.80. The molecule has 3 rings (SSSR count). The Balaban J connectivity index is 1.67. The van der Waals surface area contributed by atoms with Gasteiger partial charge in [-0.15, -0.1) is 0 Å². The van der Waals surface area contributed by atoms with E-state index in [4.69, 9.17) is 0 Å². The van der Waals surface area contributed by atoms with Gasteiger partial charge >= 0.3 is 0 Å². The highest BCUT2D eigenvalue weighted by Crippen LogP contribution is 2.21. The monoisotopic (exact) mass is 389 g/mol. The van der Waals surface area contributed by atoms with Crippen LogP contribution in [-0.2, 0) is 23.6 Å². The fourth-order valence-electron chi connectivity index (χ4n) is 3.42. The van der Waals surface area contributed by atoms with Crippen LogP contribution in [0.25, 0.3) is 0 Å². The number of carbonyl (C=O) groups is 1. The van der Waals surface area contributed by atoms with E-state index < -0.39 is 10.0 Å². The molecule has 1 fully saturated rings. The largest absolute Gasteiger partial charge is 0.352 e. The molecule has 0 spiro atoms. The Morgan fingerprint density at radius 2 is 1.70 bits per heavy atom. The molecule has 0 aliphatic carbocycles. The predicted molar refractivity (Wildman–Crippen MR) is 105 cm³/mol. The van der Waals surface area contributed by atoms with Gasteiger partial charge in [-0.2, -0.15) is 4.31 Å². The molecule has 1 aliphatic heterocycles. The van der Waals surface area contributed by atoms with E-state index in [0.717, 1.165) is 36.2 Å². The molecule has 0 atom stereocenters. The number of aromatic nitrogens is 1. The van der Waals surface area contributed by atoms with E-state index in [0.29, 0.717) is 25.2 Å². The molecule has 1 aromatic heterocycles. The minimum absolute atomic E-state index is 0.210. The zero-order valence-corrected chi connectivity index (χ0v) is 17.0. The molecule has 2 aromatic rings. The minimum atomic E-state index is -3.47. The van der Waals surface area contributed by atoms with Crippen LogP contribution in [0.5, 0.6) is 0 Å². The topological polar surface area (TPSA) is 71.4 Å². The van der Waals surface area contributed by atoms with E-state index in [1.54, 1.807) is 12.1 Å². The van der Waals surface area contributed by atoms with Gasteiger partial charge in [0, 0.05) is 43.6 Å². The van der Waals surface area contributed by atoms with Gasteiger partial charge in [0.1, 0.15) is 0 Å². The van der Waals surface area contributed by atoms with Crippen molar-refractivity contribution in [3.63, 3.8) is 0 Å². The van der Waals surface area contributed by atoms with Crippen molar-refractivity contribution in [2.45, 2.75) is 44.6 Å². The molecule has 0 bridgehead atoms. The molecule has 6 nitrogen and oxygen atoms in total. The van der Waals surface area contributed by atoms with Gasteiger partial charge in [0.2, 0.25) is 10.0 Å². The molecule has 1 saturated heterocycles. The van der Waals surface area contributed by atoms with E-state index in [9.17, 15) is 13.2 Å². The van der Waals surface area contributed by atoms with Crippen LogP contribution in [0.3, 0.4) is 0 Å². The van der Waals surface area contributed by atoms with E-state index in [1.165, 1.54) is 16.4 Å². The van der Waals surface area contributed by atoms with Crippen LogP contribution in [0.1, 0.15) is 46.6 Å². The van der Waals surface area contributed by atoms with Gasteiger partial charge < -0.3 is 9.88 Å². The summed E-state index contributed by atoms with van der Waals surface area (Å²) >= 11 is 0. The maximum atomic E-state index is 12.7. The summed E-state index contributed by atoms with van der Waals surface area (Å²) < 4.78 is 29.0. The van der Waals surface area contributed by atoms with Crippen molar-refractivity contribution in [1.29, 1.82) is 0 Å². The smallest absolute Gasteiger partial charge is 0.251 e. The first-order chi connectivity index (χ1) is 12.8. The molecule has 2 heterocycles. The first-order valence-corrected chi connectivity index (χ1v) is 10.7. The summed E-state index contributed by atoms with van der Waals surface area (Å²) in [5.74, 6) is -0.210. The molecular weight excluding hydrogens is 362 g/mol. The molecule has 1 amide bonds. The summed E-state index contributed by atoms with van der Waals surface area (Å²) in [5, 5.41) is 2.91. The highest BCUT2D eigenvalue weighted by molar-refractivity contribution is 7.89. The van der Waals surface area contributed by atoms with Crippen LogP contribution >= 0.6 is 0 Å². The third-order valence-corrected chi connectivity index (χ3v) is 7.30. The van der Waals surface area contributed by atoms with Crippen molar-refractivity contribution in [3.05, 3.63) is 52.8 Å². The average Bonchev–Trinajstić information content (AvgIpc) is 2.93. The Bertz CT molecular complexity index is 924. The van der Waals surface area contributed by atoms with Gasteiger partial charge in [0.15, 0.2) is 0 Å². The maximum Gasteiger partial charge on any atom is 0.251 e. The number of hydrogen-bond donors (Lipinski definition) is 1. The van der Waals surface area contributed by atoms with E-state index >= 15 is 0 Å². The van der Waals surface area contributed by atoms with Crippen LogP contribution in [0, 0.1) is 13.8 Å². The quantitative estimate of drug-likeness (QED) is 0.855. The second kappa shape index (κ2) is 7.86. The number of nitrogens with one attached hydrogen (secondary N) is 1. The van der Waals surface area contributed by atoms with Gasteiger partial charge in [-0.1, -0.05) is 6.42 Å². The second-order valence-corrected chi connectivity index (χ2v) is 9.07. The average molecular weight is 390 g/mol. The molecule has 7 heteroatoms. The van der Waals surface area contributed by atoms with Crippen LogP contribution < -0.4 is 5.32 Å². The maximum absolute atomic E-state index is 12.7. The van der Waals surface area contributed by atoms with Crippen LogP contribution in [0.15, 0.2) is 35.2 Å². The normalized spacial score (nSPS) is 15.7. The first kappa shape index (κ1) is 19.6. The molecule has 146 valence electrons. The molecule has 0 saturated carbocycles. The lowest BCUT2D eigenvalue weighted by Crippen LogP contribution is -2.35. The molecule has 1 aliphatic rings. The number of benzene rings is 1. The van der Waals surface area contributed by atoms with Crippen LogP contribution in [0.2, 0.25) is 0 Å². The van der Waals surface area contributed by atoms with Crippen molar-refractivity contribution < 1.29 is 13.2 Å². The third kappa shape index (κ3) is 4.09. The molecule has 0 unspecified atom stereocenters. The predicted octanol–water partition coefficient (Wildman–Crippen LogP) is 2.75. The molecule has 27 heavy (non-hydrogen) atoms. The number of sulfonamides is 1. The van der Waals surface area contributed by atoms with E-state index in [2.05, 4.69) is 16.0 Å². The van der Waals surface area contributed by atoms with Gasteiger partial charge in [-0.3, -0.25) is 4.79 Å². The number of aryl methyl sites for hydroxylation is 1. The fourth-order valence-corrected chi connectivity index (χ4v) is 4.94. The number of amides is 1. The van der Waals surface area contributed by atoms with E-state index in [-0.39, 0.29) is 10.8 Å². The number of rotatable bonds is 5. The van der Waals surface area contributed by atoms with Crippen molar-refractivity contribution in [3.8, 4) is 0 Å². The van der Waals surface area contributed by atoms with Gasteiger partial charge in [0.05, 0.1) is 4.90 Å². The molecule has 1 N–H and O–H groups in total. The lowest BCUT2D eigenvalue weighted by molar-refractivity contribution is 0.0950. The van der Waals surface area contributed by atoms with Crippen molar-refractivity contribution >= 4 is 15.9 Å². The number of piperidine rings is 1. The number of hydrogen-bond acceptors (Lipinski definition) is 3. The number of carbonyl (C=O) groups excluding carboxylic acids is 1. The summed E-state index contributed by atoms with van der Waals surface area (Å²) in [7, 11) is -1.47. The fraction of sp³-hybridized carbons (Fsp3) is 0.450. The van der Waals surface area contributed by atoms with Gasteiger partial charge in [0.25, 0.3) is 5.91 Å². The van der Waals surface area contributed by atoms with Crippen LogP contribution in [-0.4, -0.2) is 36.3 Å². The zero-order valence-electron chi connectivity index (χ0n) is 16.2. The van der Waals surface area contributed by atoms with Gasteiger partial charge in [-0.25, -0.2) is 8.42 Å². The summed E-state index contributed by atoms with van der Waals surface area (Å²) in [6, 6.07) is 8.27. The van der Waals surface area contributed by atoms with E-state index in [1.807, 2.05) is 20.9 Å². The van der Waals surface area contributed by atoms with Gasteiger partial charge in [-0.05, 0) is 62.6 Å². The molecular formula is C20H27N3O3S. The van der Waals surface area contributed by atoms with Crippen molar-refractivity contribution in [2.75, 3.05) is 13.1 Å². The highest BCUT2D eigenvalue weighted by atomic mass is 32.2. The Morgan fingerprint density at radius 1 is 1.07 bits per heavy atom. The molecule has 0 radical (unpaired) electrons. The Labute approximate surface area is 161 Å². The van der Waals surface area contributed by atoms with Crippen molar-refractivity contribution in [2.24, 2.45) is 7.05 Å². The van der Waals surface area contributed by atoms with Crippen molar-refractivity contribution in [1.82, 2.24) is 14.2 Å². The zero-order chi connectivity index (χ0) is 19.6. The van der Waals surface area contributed by atoms with Crippen LogP contribution in [0.4, 0.5) is 0 Å². The lowest BCUT2D eigenvalue weighted by atomic mass is 10.2. The summed E-state index contributed by atoms with van der Waals surface area (Å²) in [6.07, 6.45) is 2.88.